The van der Waals surface area contributed by atoms with Gasteiger partial charge in [-0.05, 0) is 43.4 Å². The predicted molar refractivity (Wildman–Crippen MR) is 88.7 cm³/mol. The van der Waals surface area contributed by atoms with E-state index in [4.69, 9.17) is 0 Å². The van der Waals surface area contributed by atoms with E-state index < -0.39 is 0 Å². The Morgan fingerprint density at radius 2 is 2.04 bits per heavy atom. The number of aromatic amines is 1. The molecule has 2 aromatic heterocycles. The van der Waals surface area contributed by atoms with Gasteiger partial charge in [0.2, 0.25) is 0 Å². The second-order valence-corrected chi connectivity index (χ2v) is 5.98. The van der Waals surface area contributed by atoms with E-state index in [-0.39, 0.29) is 5.91 Å². The number of carbonyl (C=O) groups excluding carboxylic acids is 1. The van der Waals surface area contributed by atoms with E-state index in [1.165, 1.54) is 6.33 Å². The minimum Gasteiger partial charge on any atom is -0.321 e. The first-order valence-electron chi connectivity index (χ1n) is 8.08. The molecule has 2 heterocycles. The molecule has 7 nitrogen and oxygen atoms in total. The Morgan fingerprint density at radius 3 is 2.83 bits per heavy atom. The average Bonchev–Trinajstić information content (AvgIpc) is 3.26. The summed E-state index contributed by atoms with van der Waals surface area (Å²) in [5.41, 5.74) is 4.55. The van der Waals surface area contributed by atoms with Gasteiger partial charge in [-0.25, -0.2) is 9.67 Å². The summed E-state index contributed by atoms with van der Waals surface area (Å²) in [7, 11) is 0. The van der Waals surface area contributed by atoms with Crippen LogP contribution in [-0.4, -0.2) is 30.9 Å². The van der Waals surface area contributed by atoms with E-state index in [0.29, 0.717) is 12.2 Å². The van der Waals surface area contributed by atoms with Gasteiger partial charge in [-0.15, -0.1) is 0 Å². The Morgan fingerprint density at radius 1 is 1.21 bits per heavy atom. The van der Waals surface area contributed by atoms with Crippen LogP contribution in [0.5, 0.6) is 0 Å². The van der Waals surface area contributed by atoms with Crippen LogP contribution in [0.4, 0.5) is 5.69 Å². The predicted octanol–water partition coefficient (Wildman–Crippen LogP) is 2.18. The molecule has 2 N–H and O–H groups in total. The smallest absolute Gasteiger partial charge is 0.276 e. The van der Waals surface area contributed by atoms with Crippen molar-refractivity contribution in [3.8, 4) is 0 Å². The fraction of sp³-hybridized carbons (Fsp3) is 0.294. The molecule has 0 spiro atoms. The number of fused-ring (bicyclic) bond motifs is 1. The fourth-order valence-electron chi connectivity index (χ4n) is 3.05. The third-order valence-corrected chi connectivity index (χ3v) is 4.29. The van der Waals surface area contributed by atoms with Crippen molar-refractivity contribution in [2.24, 2.45) is 0 Å². The Bertz CT molecular complexity index is 835. The van der Waals surface area contributed by atoms with Crippen molar-refractivity contribution in [1.82, 2.24) is 25.0 Å². The number of rotatable bonds is 4. The zero-order valence-corrected chi connectivity index (χ0v) is 13.2. The maximum absolute atomic E-state index is 12.5. The molecule has 0 unspecified atom stereocenters. The maximum atomic E-state index is 12.5. The van der Waals surface area contributed by atoms with Crippen molar-refractivity contribution < 1.29 is 4.79 Å². The third kappa shape index (κ3) is 2.92. The second kappa shape index (κ2) is 6.27. The minimum absolute atomic E-state index is 0.154. The summed E-state index contributed by atoms with van der Waals surface area (Å²) in [5.74, 6) is -0.154. The monoisotopic (exact) mass is 322 g/mol. The summed E-state index contributed by atoms with van der Waals surface area (Å²) >= 11 is 0. The third-order valence-electron chi connectivity index (χ3n) is 4.29. The highest BCUT2D eigenvalue weighted by atomic mass is 16.1. The standard InChI is InChI=1S/C17H18N6O/c24-17(16-14-3-1-2-4-15(14)21-22-16)20-13-7-5-12(6-8-13)9-23-11-18-10-19-23/h5-8,10-11H,1-4,9H2,(H,20,24)(H,21,22). The zero-order chi connectivity index (χ0) is 16.4. The molecule has 1 amide bonds. The number of H-pyrrole nitrogens is 1. The van der Waals surface area contributed by atoms with Crippen LogP contribution in [0, 0.1) is 0 Å². The molecule has 3 aromatic rings. The van der Waals surface area contributed by atoms with Crippen LogP contribution in [-0.2, 0) is 19.4 Å². The molecule has 0 radical (unpaired) electrons. The molecule has 0 atom stereocenters. The zero-order valence-electron chi connectivity index (χ0n) is 13.2. The minimum atomic E-state index is -0.154. The van der Waals surface area contributed by atoms with Gasteiger partial charge >= 0.3 is 0 Å². The van der Waals surface area contributed by atoms with Crippen molar-refractivity contribution >= 4 is 11.6 Å². The molecule has 0 saturated carbocycles. The summed E-state index contributed by atoms with van der Waals surface area (Å²) < 4.78 is 1.75. The molecular formula is C17H18N6O. The van der Waals surface area contributed by atoms with Crippen LogP contribution in [0.1, 0.15) is 40.2 Å². The normalized spacial score (nSPS) is 13.5. The number of anilines is 1. The van der Waals surface area contributed by atoms with Gasteiger partial charge in [0.15, 0.2) is 5.69 Å². The topological polar surface area (TPSA) is 88.5 Å². The fourth-order valence-corrected chi connectivity index (χ4v) is 3.05. The van der Waals surface area contributed by atoms with Gasteiger partial charge in [-0.2, -0.15) is 10.2 Å². The van der Waals surface area contributed by atoms with Gasteiger partial charge in [0.05, 0.1) is 6.54 Å². The number of hydrogen-bond acceptors (Lipinski definition) is 4. The molecule has 7 heteroatoms. The number of nitrogens with one attached hydrogen (secondary N) is 2. The lowest BCUT2D eigenvalue weighted by atomic mass is 9.96. The van der Waals surface area contributed by atoms with Gasteiger partial charge in [-0.3, -0.25) is 9.89 Å². The van der Waals surface area contributed by atoms with E-state index in [2.05, 4.69) is 25.6 Å². The van der Waals surface area contributed by atoms with Crippen LogP contribution in [0.15, 0.2) is 36.9 Å². The first kappa shape index (κ1) is 14.6. The largest absolute Gasteiger partial charge is 0.321 e. The molecule has 1 aliphatic carbocycles. The van der Waals surface area contributed by atoms with E-state index in [1.54, 1.807) is 11.0 Å². The summed E-state index contributed by atoms with van der Waals surface area (Å²) in [6, 6.07) is 7.72. The number of nitrogens with zero attached hydrogens (tertiary/aromatic N) is 4. The highest BCUT2D eigenvalue weighted by molar-refractivity contribution is 6.04. The van der Waals surface area contributed by atoms with Crippen molar-refractivity contribution in [2.75, 3.05) is 5.32 Å². The first-order valence-corrected chi connectivity index (χ1v) is 8.08. The molecule has 122 valence electrons. The second-order valence-electron chi connectivity index (χ2n) is 5.98. The van der Waals surface area contributed by atoms with Crippen LogP contribution in [0.2, 0.25) is 0 Å². The lowest BCUT2D eigenvalue weighted by Gasteiger charge is -2.11. The number of aryl methyl sites for hydroxylation is 1. The summed E-state index contributed by atoms with van der Waals surface area (Å²) in [4.78, 5) is 16.4. The molecular weight excluding hydrogens is 304 g/mol. The van der Waals surface area contributed by atoms with Gasteiger partial charge in [0.25, 0.3) is 5.91 Å². The Kier molecular flexibility index (Phi) is 3.82. The molecule has 0 fully saturated rings. The number of benzene rings is 1. The maximum Gasteiger partial charge on any atom is 0.276 e. The summed E-state index contributed by atoms with van der Waals surface area (Å²) in [6.07, 6.45) is 7.36. The van der Waals surface area contributed by atoms with Crippen molar-refractivity contribution in [3.63, 3.8) is 0 Å². The van der Waals surface area contributed by atoms with Gasteiger partial charge in [0, 0.05) is 16.9 Å². The number of amides is 1. The molecule has 24 heavy (non-hydrogen) atoms. The van der Waals surface area contributed by atoms with E-state index >= 15 is 0 Å². The lowest BCUT2D eigenvalue weighted by Crippen LogP contribution is -2.15. The van der Waals surface area contributed by atoms with E-state index in [0.717, 1.165) is 48.2 Å². The average molecular weight is 322 g/mol. The van der Waals surface area contributed by atoms with Gasteiger partial charge in [-0.1, -0.05) is 12.1 Å². The summed E-state index contributed by atoms with van der Waals surface area (Å²) in [5, 5.41) is 14.2. The summed E-state index contributed by atoms with van der Waals surface area (Å²) in [6.45, 7) is 0.654. The highest BCUT2D eigenvalue weighted by Crippen LogP contribution is 2.23. The van der Waals surface area contributed by atoms with E-state index in [9.17, 15) is 4.79 Å². The van der Waals surface area contributed by atoms with Gasteiger partial charge in [0.1, 0.15) is 12.7 Å². The SMILES string of the molecule is O=C(Nc1ccc(Cn2cncn2)cc1)c1n[nH]c2c1CCCC2. The molecule has 0 saturated heterocycles. The molecule has 4 rings (SSSR count). The van der Waals surface area contributed by atoms with Crippen molar-refractivity contribution in [2.45, 2.75) is 32.2 Å². The van der Waals surface area contributed by atoms with Crippen LogP contribution < -0.4 is 5.32 Å². The highest BCUT2D eigenvalue weighted by Gasteiger charge is 2.21. The molecule has 1 aliphatic rings. The number of aromatic nitrogens is 5. The Hall–Kier alpha value is -2.96. The lowest BCUT2D eigenvalue weighted by molar-refractivity contribution is 0.102. The Balaban J connectivity index is 1.45. The first-order chi connectivity index (χ1) is 11.8. The number of carbonyl (C=O) groups is 1. The van der Waals surface area contributed by atoms with Crippen LogP contribution >= 0.6 is 0 Å². The van der Waals surface area contributed by atoms with Crippen LogP contribution in [0.3, 0.4) is 0 Å². The van der Waals surface area contributed by atoms with Crippen molar-refractivity contribution in [1.29, 1.82) is 0 Å². The van der Waals surface area contributed by atoms with Gasteiger partial charge < -0.3 is 5.32 Å². The molecule has 1 aromatic carbocycles. The molecule has 0 bridgehead atoms. The van der Waals surface area contributed by atoms with Crippen LogP contribution in [0.25, 0.3) is 0 Å². The quantitative estimate of drug-likeness (QED) is 0.770. The molecule has 0 aliphatic heterocycles. The Labute approximate surface area is 139 Å². The van der Waals surface area contributed by atoms with E-state index in [1.807, 2.05) is 24.3 Å². The number of hydrogen-bond donors (Lipinski definition) is 2. The van der Waals surface area contributed by atoms with Crippen molar-refractivity contribution in [3.05, 3.63) is 59.4 Å².